The number of nitrogens with one attached hydrogen (secondary N) is 2. The van der Waals surface area contributed by atoms with Crippen molar-refractivity contribution in [3.8, 4) is 23.1 Å². The number of aromatic nitrogens is 2. The summed E-state index contributed by atoms with van der Waals surface area (Å²) in [5, 5.41) is 18.6. The number of nitro groups is 1. The normalized spacial score (nSPS) is 13.3. The Kier molecular flexibility index (Phi) is 7.45. The van der Waals surface area contributed by atoms with Gasteiger partial charge >= 0.3 is 0 Å². The number of non-ortho nitro benzene ring substituents is 1. The molecule has 1 aliphatic carbocycles. The number of nitro benzene ring substituents is 1. The first-order valence-electron chi connectivity index (χ1n) is 11.7. The average molecular weight is 530 g/mol. The smallest absolute Gasteiger partial charge is 0.272 e. The summed E-state index contributed by atoms with van der Waals surface area (Å²) in [6, 6.07) is 9.92. The Balaban J connectivity index is 1.83. The van der Waals surface area contributed by atoms with E-state index < -0.39 is 26.5 Å². The number of carbonyl (C=O) groups is 1. The second-order valence-electron chi connectivity index (χ2n) is 8.53. The van der Waals surface area contributed by atoms with Crippen LogP contribution in [0.25, 0.3) is 5.69 Å². The second kappa shape index (κ2) is 10.6. The number of methoxy groups -OCH3 is 1. The molecule has 13 heteroatoms. The van der Waals surface area contributed by atoms with Crippen LogP contribution in [-0.2, 0) is 10.0 Å². The van der Waals surface area contributed by atoms with Crippen molar-refractivity contribution in [1.82, 2.24) is 19.8 Å². The quantitative estimate of drug-likeness (QED) is 0.283. The first-order chi connectivity index (χ1) is 17.6. The van der Waals surface area contributed by atoms with Gasteiger partial charge in [0.25, 0.3) is 11.6 Å². The first kappa shape index (κ1) is 26.1. The first-order valence-corrected chi connectivity index (χ1v) is 13.1. The van der Waals surface area contributed by atoms with Gasteiger partial charge in [-0.3, -0.25) is 14.9 Å². The van der Waals surface area contributed by atoms with Gasteiger partial charge in [0.15, 0.2) is 5.69 Å². The van der Waals surface area contributed by atoms with Gasteiger partial charge in [0.05, 0.1) is 17.7 Å². The molecular formula is C24H27N5O7S. The van der Waals surface area contributed by atoms with Crippen LogP contribution in [0.5, 0.6) is 17.4 Å². The van der Waals surface area contributed by atoms with E-state index in [0.717, 1.165) is 18.6 Å². The largest absolute Gasteiger partial charge is 0.497 e. The predicted octanol–water partition coefficient (Wildman–Crippen LogP) is 3.47. The maximum atomic E-state index is 13.1. The Morgan fingerprint density at radius 1 is 1.22 bits per heavy atom. The molecule has 0 unspecified atom stereocenters. The molecule has 0 bridgehead atoms. The molecule has 3 aromatic rings. The minimum atomic E-state index is -4.13. The Morgan fingerprint density at radius 3 is 2.51 bits per heavy atom. The van der Waals surface area contributed by atoms with Crippen LogP contribution >= 0.6 is 0 Å². The monoisotopic (exact) mass is 529 g/mol. The summed E-state index contributed by atoms with van der Waals surface area (Å²) in [6.45, 7) is 4.00. The van der Waals surface area contributed by atoms with Crippen LogP contribution < -0.4 is 19.5 Å². The summed E-state index contributed by atoms with van der Waals surface area (Å²) < 4.78 is 41.4. The number of hydrogen-bond donors (Lipinski definition) is 2. The van der Waals surface area contributed by atoms with E-state index in [4.69, 9.17) is 9.47 Å². The van der Waals surface area contributed by atoms with Gasteiger partial charge in [-0.05, 0) is 56.5 Å². The lowest BCUT2D eigenvalue weighted by Crippen LogP contribution is -2.26. The van der Waals surface area contributed by atoms with Crippen LogP contribution in [-0.4, -0.2) is 48.7 Å². The van der Waals surface area contributed by atoms with E-state index in [2.05, 4.69) is 15.1 Å². The highest BCUT2D eigenvalue weighted by Gasteiger charge is 2.32. The topological polar surface area (TPSA) is 155 Å². The van der Waals surface area contributed by atoms with E-state index in [1.54, 1.807) is 31.2 Å². The number of amides is 1. The zero-order chi connectivity index (χ0) is 26.7. The Bertz CT molecular complexity index is 1430. The average Bonchev–Trinajstić information content (AvgIpc) is 3.63. The van der Waals surface area contributed by atoms with Crippen molar-refractivity contribution in [2.45, 2.75) is 44.0 Å². The van der Waals surface area contributed by atoms with Crippen LogP contribution in [0.15, 0.2) is 47.4 Å². The molecule has 1 amide bonds. The van der Waals surface area contributed by atoms with Gasteiger partial charge < -0.3 is 14.8 Å². The van der Waals surface area contributed by atoms with E-state index in [9.17, 15) is 23.3 Å². The van der Waals surface area contributed by atoms with Gasteiger partial charge in [0.1, 0.15) is 16.4 Å². The highest BCUT2D eigenvalue weighted by atomic mass is 32.2. The summed E-state index contributed by atoms with van der Waals surface area (Å²) in [5.41, 5.74) is 0.586. The molecule has 2 N–H and O–H groups in total. The molecule has 0 spiro atoms. The lowest BCUT2D eigenvalue weighted by atomic mass is 10.2. The van der Waals surface area contributed by atoms with E-state index in [-0.39, 0.29) is 28.3 Å². The van der Waals surface area contributed by atoms with Crippen LogP contribution in [0.2, 0.25) is 0 Å². The third-order valence-corrected chi connectivity index (χ3v) is 7.21. The fraction of sp³-hybridized carbons (Fsp3) is 0.333. The maximum Gasteiger partial charge on any atom is 0.272 e. The number of benzene rings is 2. The van der Waals surface area contributed by atoms with Crippen molar-refractivity contribution in [2.75, 3.05) is 13.7 Å². The van der Waals surface area contributed by atoms with Crippen molar-refractivity contribution in [3.63, 3.8) is 0 Å². The number of ether oxygens (including phenoxy) is 2. The lowest BCUT2D eigenvalue weighted by Gasteiger charge is -2.14. The number of rotatable bonds is 11. The molecule has 4 rings (SSSR count). The van der Waals surface area contributed by atoms with Crippen molar-refractivity contribution >= 4 is 21.6 Å². The van der Waals surface area contributed by atoms with E-state index in [1.807, 2.05) is 6.92 Å². The van der Waals surface area contributed by atoms with E-state index >= 15 is 0 Å². The number of sulfonamides is 1. The highest BCUT2D eigenvalue weighted by Crippen LogP contribution is 2.36. The molecule has 12 nitrogen and oxygen atoms in total. The molecule has 196 valence electrons. The molecule has 1 saturated carbocycles. The van der Waals surface area contributed by atoms with Crippen molar-refractivity contribution in [2.24, 2.45) is 0 Å². The Morgan fingerprint density at radius 2 is 1.92 bits per heavy atom. The zero-order valence-corrected chi connectivity index (χ0v) is 21.4. The van der Waals surface area contributed by atoms with Gasteiger partial charge in [-0.15, -0.1) is 0 Å². The van der Waals surface area contributed by atoms with Gasteiger partial charge in [0, 0.05) is 30.3 Å². The van der Waals surface area contributed by atoms with Crippen molar-refractivity contribution in [1.29, 1.82) is 0 Å². The van der Waals surface area contributed by atoms with Gasteiger partial charge in [-0.25, -0.2) is 13.1 Å². The van der Waals surface area contributed by atoms with Gasteiger partial charge in [0.2, 0.25) is 15.9 Å². The maximum absolute atomic E-state index is 13.1. The molecule has 0 aliphatic heterocycles. The number of nitrogens with zero attached hydrogens (tertiary/aromatic N) is 3. The molecular weight excluding hydrogens is 502 g/mol. The number of hydrogen-bond acceptors (Lipinski definition) is 8. The molecule has 0 atom stereocenters. The Labute approximate surface area is 213 Å². The van der Waals surface area contributed by atoms with E-state index in [0.29, 0.717) is 36.4 Å². The third kappa shape index (κ3) is 5.73. The third-order valence-electron chi connectivity index (χ3n) is 5.67. The zero-order valence-electron chi connectivity index (χ0n) is 20.6. The van der Waals surface area contributed by atoms with Crippen molar-refractivity contribution < 1.29 is 27.6 Å². The minimum Gasteiger partial charge on any atom is -0.497 e. The molecule has 1 fully saturated rings. The molecule has 37 heavy (non-hydrogen) atoms. The van der Waals surface area contributed by atoms with Crippen LogP contribution in [0, 0.1) is 17.0 Å². The van der Waals surface area contributed by atoms with Crippen LogP contribution in [0.1, 0.15) is 42.2 Å². The number of carbonyl (C=O) groups excluding carboxylic acids is 1. The van der Waals surface area contributed by atoms with Crippen LogP contribution in [0.3, 0.4) is 0 Å². The summed E-state index contributed by atoms with van der Waals surface area (Å²) in [7, 11) is -2.60. The van der Waals surface area contributed by atoms with Gasteiger partial charge in [-0.1, -0.05) is 6.92 Å². The SMILES string of the molecule is CCCNC(=O)c1nn(-c2ccc(OC)cc2)c(Oc2ccc([N+](=O)[O-])cc2S(=O)(=O)NC2CC2)c1C. The molecule has 0 radical (unpaired) electrons. The highest BCUT2D eigenvalue weighted by molar-refractivity contribution is 7.89. The van der Waals surface area contributed by atoms with Gasteiger partial charge in [-0.2, -0.15) is 9.78 Å². The summed E-state index contributed by atoms with van der Waals surface area (Å²) in [4.78, 5) is 23.1. The standard InChI is InChI=1S/C24H27N5O7S/c1-4-13-25-23(30)22-15(2)24(28(26-22)17-7-10-19(35-3)11-8-17)36-20-12-9-18(29(31)32)14-21(20)37(33,34)27-16-5-6-16/h7-12,14,16,27H,4-6,13H2,1-3H3,(H,25,30). The molecule has 2 aromatic carbocycles. The lowest BCUT2D eigenvalue weighted by molar-refractivity contribution is -0.385. The fourth-order valence-corrected chi connectivity index (χ4v) is 4.98. The molecule has 1 heterocycles. The van der Waals surface area contributed by atoms with Crippen LogP contribution in [0.4, 0.5) is 5.69 Å². The fourth-order valence-electron chi connectivity index (χ4n) is 3.53. The molecule has 1 aliphatic rings. The summed E-state index contributed by atoms with van der Waals surface area (Å²) in [6.07, 6.45) is 2.10. The molecule has 1 aromatic heterocycles. The van der Waals surface area contributed by atoms with E-state index in [1.165, 1.54) is 17.9 Å². The summed E-state index contributed by atoms with van der Waals surface area (Å²) in [5.74, 6) is 0.134. The predicted molar refractivity (Wildman–Crippen MR) is 134 cm³/mol. The van der Waals surface area contributed by atoms with Crippen molar-refractivity contribution in [3.05, 3.63) is 63.8 Å². The summed E-state index contributed by atoms with van der Waals surface area (Å²) >= 11 is 0. The minimum absolute atomic E-state index is 0.0866. The Hall–Kier alpha value is -3.97. The second-order valence-corrected chi connectivity index (χ2v) is 10.2. The molecule has 0 saturated heterocycles.